The second-order valence-electron chi connectivity index (χ2n) is 2.28. The molecule has 80 valence electrons. The Kier molecular flexibility index (Phi) is 4.50. The Morgan fingerprint density at radius 2 is 1.93 bits per heavy atom. The summed E-state index contributed by atoms with van der Waals surface area (Å²) in [6, 6.07) is 1.67. The molecule has 0 bridgehead atoms. The average molecular weight is 351 g/mol. The van der Waals surface area contributed by atoms with Crippen LogP contribution < -0.4 is 5.73 Å². The van der Waals surface area contributed by atoms with Gasteiger partial charge < -0.3 is 5.73 Å². The first kappa shape index (κ1) is 13.8. The summed E-state index contributed by atoms with van der Waals surface area (Å²) in [4.78, 5) is -0.536. The normalized spacial score (nSPS) is 10.8. The van der Waals surface area contributed by atoms with E-state index in [1.807, 2.05) is 0 Å². The molecule has 0 aliphatic heterocycles. The zero-order chi connectivity index (χ0) is 10.2. The van der Waals surface area contributed by atoms with E-state index in [2.05, 4.69) is 15.9 Å². The van der Waals surface area contributed by atoms with Crippen LogP contribution in [0.25, 0.3) is 0 Å². The van der Waals surface area contributed by atoms with Gasteiger partial charge in [-0.2, -0.15) is 8.42 Å². The number of nitrogen functional groups attached to an aromatic ring is 1. The summed E-state index contributed by atoms with van der Waals surface area (Å²) in [6.07, 6.45) is 0. The first-order chi connectivity index (χ1) is 5.82. The lowest BCUT2D eigenvalue weighted by atomic mass is 10.3. The fourth-order valence-electron chi connectivity index (χ4n) is 0.710. The smallest absolute Gasteiger partial charge is 0.294 e. The van der Waals surface area contributed by atoms with Crippen molar-refractivity contribution in [3.8, 4) is 0 Å². The topological polar surface area (TPSA) is 80.4 Å². The molecule has 8 heteroatoms. The molecule has 0 unspecified atom stereocenters. The Morgan fingerprint density at radius 1 is 1.43 bits per heavy atom. The summed E-state index contributed by atoms with van der Waals surface area (Å²) in [6.45, 7) is 0. The molecule has 0 radical (unpaired) electrons. The number of nitrogens with two attached hydrogens (primary N) is 1. The number of anilines is 1. The molecule has 0 amide bonds. The number of hydrogen-bond donors (Lipinski definition) is 2. The molecule has 0 atom stereocenters. The summed E-state index contributed by atoms with van der Waals surface area (Å²) in [7, 11) is -4.39. The van der Waals surface area contributed by atoms with Crippen molar-refractivity contribution < 1.29 is 17.4 Å². The van der Waals surface area contributed by atoms with E-state index in [1.165, 1.54) is 0 Å². The van der Waals surface area contributed by atoms with E-state index < -0.39 is 20.8 Å². The highest BCUT2D eigenvalue weighted by molar-refractivity contribution is 9.10. The van der Waals surface area contributed by atoms with Crippen LogP contribution in [-0.4, -0.2) is 13.0 Å². The van der Waals surface area contributed by atoms with Crippen LogP contribution in [0, 0.1) is 5.82 Å². The molecular weight excluding hydrogens is 345 g/mol. The van der Waals surface area contributed by atoms with E-state index >= 15 is 0 Å². The highest BCUT2D eigenvalue weighted by atomic mass is 79.9. The van der Waals surface area contributed by atoms with E-state index in [0.29, 0.717) is 6.07 Å². The highest BCUT2D eigenvalue weighted by Crippen LogP contribution is 2.26. The Morgan fingerprint density at radius 3 is 2.29 bits per heavy atom. The fourth-order valence-corrected chi connectivity index (χ4v) is 1.82. The zero-order valence-corrected chi connectivity index (χ0v) is 10.7. The van der Waals surface area contributed by atoms with Gasteiger partial charge in [-0.05, 0) is 28.1 Å². The molecule has 0 spiro atoms. The predicted octanol–water partition coefficient (Wildman–Crippen LogP) is 2.00. The third kappa shape index (κ3) is 2.91. The number of halogens is 3. The minimum Gasteiger partial charge on any atom is -0.395 e. The SMILES string of the molecule is Br.Nc1c(F)cc(S(=O)(=O)O)cc1Br. The maximum Gasteiger partial charge on any atom is 0.294 e. The molecule has 4 nitrogen and oxygen atoms in total. The summed E-state index contributed by atoms with van der Waals surface area (Å²) < 4.78 is 42.6. The van der Waals surface area contributed by atoms with Gasteiger partial charge in [0.05, 0.1) is 10.6 Å². The molecule has 0 saturated carbocycles. The van der Waals surface area contributed by atoms with Crippen LogP contribution in [0.4, 0.5) is 10.1 Å². The van der Waals surface area contributed by atoms with Crippen LogP contribution in [0.5, 0.6) is 0 Å². The first-order valence-corrected chi connectivity index (χ1v) is 5.27. The van der Waals surface area contributed by atoms with Crippen molar-refractivity contribution in [1.29, 1.82) is 0 Å². The van der Waals surface area contributed by atoms with Gasteiger partial charge in [-0.3, -0.25) is 4.55 Å². The lowest BCUT2D eigenvalue weighted by molar-refractivity contribution is 0.482. The number of rotatable bonds is 1. The lowest BCUT2D eigenvalue weighted by Crippen LogP contribution is -2.01. The summed E-state index contributed by atoms with van der Waals surface area (Å²) in [5.41, 5.74) is 4.99. The molecule has 0 fully saturated rings. The Hall–Kier alpha value is -0.180. The fraction of sp³-hybridized carbons (Fsp3) is 0. The van der Waals surface area contributed by atoms with Crippen LogP contribution >= 0.6 is 32.9 Å². The Balaban J connectivity index is 0.00000169. The molecule has 14 heavy (non-hydrogen) atoms. The van der Waals surface area contributed by atoms with Crippen LogP contribution in [0.15, 0.2) is 21.5 Å². The second kappa shape index (κ2) is 4.56. The van der Waals surface area contributed by atoms with Gasteiger partial charge in [0.1, 0.15) is 5.82 Å². The van der Waals surface area contributed by atoms with Crippen LogP contribution in [-0.2, 0) is 10.1 Å². The van der Waals surface area contributed by atoms with E-state index in [0.717, 1.165) is 6.07 Å². The maximum atomic E-state index is 12.8. The van der Waals surface area contributed by atoms with Crippen molar-refractivity contribution in [2.45, 2.75) is 4.90 Å². The predicted molar refractivity (Wildman–Crippen MR) is 58.6 cm³/mol. The van der Waals surface area contributed by atoms with Gasteiger partial charge in [0, 0.05) is 4.47 Å². The Labute approximate surface area is 98.9 Å². The molecule has 1 aromatic rings. The molecule has 0 aromatic heterocycles. The largest absolute Gasteiger partial charge is 0.395 e. The van der Waals surface area contributed by atoms with Gasteiger partial charge in [0.2, 0.25) is 0 Å². The molecule has 0 aliphatic carbocycles. The molecule has 0 aliphatic rings. The minimum absolute atomic E-state index is 0. The molecular formula is C6H6Br2FNO3S. The van der Waals surface area contributed by atoms with E-state index in [-0.39, 0.29) is 27.1 Å². The molecule has 0 heterocycles. The van der Waals surface area contributed by atoms with E-state index in [4.69, 9.17) is 10.3 Å². The van der Waals surface area contributed by atoms with Gasteiger partial charge >= 0.3 is 0 Å². The quantitative estimate of drug-likeness (QED) is 0.599. The second-order valence-corrected chi connectivity index (χ2v) is 4.55. The van der Waals surface area contributed by atoms with Crippen molar-refractivity contribution >= 4 is 48.7 Å². The number of hydrogen-bond acceptors (Lipinski definition) is 3. The van der Waals surface area contributed by atoms with E-state index in [1.54, 1.807) is 0 Å². The summed E-state index contributed by atoms with van der Waals surface area (Å²) in [5, 5.41) is 0. The number of benzene rings is 1. The van der Waals surface area contributed by atoms with Crippen molar-refractivity contribution in [2.24, 2.45) is 0 Å². The molecule has 1 aromatic carbocycles. The minimum atomic E-state index is -4.39. The zero-order valence-electron chi connectivity index (χ0n) is 6.57. The summed E-state index contributed by atoms with van der Waals surface area (Å²) in [5.74, 6) is -0.901. The monoisotopic (exact) mass is 349 g/mol. The van der Waals surface area contributed by atoms with Crippen molar-refractivity contribution in [2.75, 3.05) is 5.73 Å². The molecule has 0 saturated heterocycles. The maximum absolute atomic E-state index is 12.8. The summed E-state index contributed by atoms with van der Waals surface area (Å²) >= 11 is 2.85. The highest BCUT2D eigenvalue weighted by Gasteiger charge is 2.14. The van der Waals surface area contributed by atoms with Gasteiger partial charge in [-0.25, -0.2) is 4.39 Å². The van der Waals surface area contributed by atoms with Crippen LogP contribution in [0.2, 0.25) is 0 Å². The van der Waals surface area contributed by atoms with Gasteiger partial charge in [-0.15, -0.1) is 17.0 Å². The standard InChI is InChI=1S/C6H5BrFNO3S.BrH/c7-4-1-3(13(10,11)12)2-5(8)6(4)9;/h1-2H,9H2,(H,10,11,12);1H. The van der Waals surface area contributed by atoms with Crippen LogP contribution in [0.1, 0.15) is 0 Å². The molecule has 3 N–H and O–H groups in total. The van der Waals surface area contributed by atoms with Crippen molar-refractivity contribution in [3.63, 3.8) is 0 Å². The van der Waals surface area contributed by atoms with Crippen molar-refractivity contribution in [1.82, 2.24) is 0 Å². The van der Waals surface area contributed by atoms with E-state index in [9.17, 15) is 12.8 Å². The van der Waals surface area contributed by atoms with Crippen molar-refractivity contribution in [3.05, 3.63) is 22.4 Å². The lowest BCUT2D eigenvalue weighted by Gasteiger charge is -2.02. The molecule has 1 rings (SSSR count). The van der Waals surface area contributed by atoms with Crippen LogP contribution in [0.3, 0.4) is 0 Å². The average Bonchev–Trinajstić information content (AvgIpc) is 1.97. The third-order valence-electron chi connectivity index (χ3n) is 1.35. The van der Waals surface area contributed by atoms with Gasteiger partial charge in [0.15, 0.2) is 0 Å². The first-order valence-electron chi connectivity index (χ1n) is 3.04. The third-order valence-corrected chi connectivity index (χ3v) is 2.84. The van der Waals surface area contributed by atoms with Gasteiger partial charge in [-0.1, -0.05) is 0 Å². The van der Waals surface area contributed by atoms with Gasteiger partial charge in [0.25, 0.3) is 10.1 Å². The Bertz CT molecular complexity index is 425.